The highest BCUT2D eigenvalue weighted by molar-refractivity contribution is 5.82. The number of piperazine rings is 1. The molecule has 0 bridgehead atoms. The van der Waals surface area contributed by atoms with Crippen molar-refractivity contribution in [1.29, 1.82) is 0 Å². The van der Waals surface area contributed by atoms with Gasteiger partial charge in [0.05, 0.1) is 30.7 Å². The molecule has 4 heterocycles. The Morgan fingerprint density at radius 2 is 1.89 bits per heavy atom. The number of ether oxygens (including phenoxy) is 1. The summed E-state index contributed by atoms with van der Waals surface area (Å²) in [5.41, 5.74) is 0.664. The second kappa shape index (κ2) is 10.6. The number of hydrogen-bond donors (Lipinski definition) is 1. The summed E-state index contributed by atoms with van der Waals surface area (Å²) in [7, 11) is 0. The first-order chi connectivity index (χ1) is 17.4. The van der Waals surface area contributed by atoms with Gasteiger partial charge in [0.1, 0.15) is 0 Å². The third-order valence-electron chi connectivity index (χ3n) is 7.26. The van der Waals surface area contributed by atoms with Crippen molar-refractivity contribution in [2.24, 2.45) is 5.92 Å². The summed E-state index contributed by atoms with van der Waals surface area (Å²) in [6.07, 6.45) is 0.0156. The summed E-state index contributed by atoms with van der Waals surface area (Å²) in [4.78, 5) is 28.6. The molecule has 3 aliphatic rings. The molecule has 5 rings (SSSR count). The summed E-state index contributed by atoms with van der Waals surface area (Å²) in [5.74, 6) is 0.00166. The fourth-order valence-electron chi connectivity index (χ4n) is 5.41. The van der Waals surface area contributed by atoms with E-state index >= 15 is 0 Å². The molecular weight excluding hydrogens is 473 g/mol. The van der Waals surface area contributed by atoms with Gasteiger partial charge in [-0.05, 0) is 49.2 Å². The van der Waals surface area contributed by atoms with Crippen LogP contribution in [0.2, 0.25) is 0 Å². The maximum absolute atomic E-state index is 13.4. The van der Waals surface area contributed by atoms with Gasteiger partial charge < -0.3 is 19.9 Å². The fourth-order valence-corrected chi connectivity index (χ4v) is 5.41. The van der Waals surface area contributed by atoms with Crippen molar-refractivity contribution < 1.29 is 22.7 Å². The molecule has 1 aromatic heterocycles. The molecule has 2 unspecified atom stereocenters. The zero-order chi connectivity index (χ0) is 25.1. The number of hydrogen-bond acceptors (Lipinski definition) is 7. The number of carbonyl (C=O) groups is 1. The maximum Gasteiger partial charge on any atom is 0.416 e. The lowest BCUT2D eigenvalue weighted by molar-refractivity contribution is -0.137. The van der Waals surface area contributed by atoms with Crippen LogP contribution in [0.1, 0.15) is 17.5 Å². The van der Waals surface area contributed by atoms with Gasteiger partial charge in [-0.3, -0.25) is 9.69 Å². The predicted molar refractivity (Wildman–Crippen MR) is 129 cm³/mol. The first kappa shape index (κ1) is 24.8. The lowest BCUT2D eigenvalue weighted by atomic mass is 9.82. The van der Waals surface area contributed by atoms with E-state index in [0.29, 0.717) is 37.7 Å². The summed E-state index contributed by atoms with van der Waals surface area (Å²) < 4.78 is 45.6. The Morgan fingerprint density at radius 3 is 2.64 bits per heavy atom. The standard InChI is InChI=1S/C25H31F3N6O2/c26-25(27,28)19-3-4-21-18(15-19)16-20(23(35)29-7-2-8-32-11-13-36-14-12-32)22-17-33(9-10-34(21)22)24-30-5-1-6-31-24/h1,3-6,15,20,22H,2,7-14,16-17H2,(H,29,35). The lowest BCUT2D eigenvalue weighted by Crippen LogP contribution is -2.61. The summed E-state index contributed by atoms with van der Waals surface area (Å²) in [6, 6.07) is 5.45. The van der Waals surface area contributed by atoms with Crippen molar-refractivity contribution in [3.8, 4) is 0 Å². The van der Waals surface area contributed by atoms with Crippen molar-refractivity contribution in [3.63, 3.8) is 0 Å². The van der Waals surface area contributed by atoms with E-state index in [9.17, 15) is 18.0 Å². The Bertz CT molecular complexity index is 1050. The van der Waals surface area contributed by atoms with Crippen molar-refractivity contribution in [2.75, 3.05) is 68.8 Å². The van der Waals surface area contributed by atoms with Crippen LogP contribution >= 0.6 is 0 Å². The number of amides is 1. The van der Waals surface area contributed by atoms with Gasteiger partial charge in [0.15, 0.2) is 0 Å². The van der Waals surface area contributed by atoms with Gasteiger partial charge in [-0.15, -0.1) is 0 Å². The van der Waals surface area contributed by atoms with E-state index in [1.54, 1.807) is 24.5 Å². The van der Waals surface area contributed by atoms with Crippen LogP contribution in [0.3, 0.4) is 0 Å². The monoisotopic (exact) mass is 504 g/mol. The third-order valence-corrected chi connectivity index (χ3v) is 7.26. The molecule has 0 radical (unpaired) electrons. The van der Waals surface area contributed by atoms with Gasteiger partial charge in [0.2, 0.25) is 11.9 Å². The predicted octanol–water partition coefficient (Wildman–Crippen LogP) is 2.20. The van der Waals surface area contributed by atoms with Crippen LogP contribution in [-0.4, -0.2) is 85.8 Å². The van der Waals surface area contributed by atoms with Crippen LogP contribution in [0.25, 0.3) is 0 Å². The molecule has 8 nitrogen and oxygen atoms in total. The SMILES string of the molecule is O=C(NCCCN1CCOCC1)C1Cc2cc(C(F)(F)F)ccc2N2CCN(c3ncccn3)CC12. The molecule has 2 fully saturated rings. The highest BCUT2D eigenvalue weighted by Crippen LogP contribution is 2.40. The third kappa shape index (κ3) is 5.41. The lowest BCUT2D eigenvalue weighted by Gasteiger charge is -2.49. The van der Waals surface area contributed by atoms with Crippen LogP contribution in [0.4, 0.5) is 24.8 Å². The topological polar surface area (TPSA) is 73.8 Å². The minimum Gasteiger partial charge on any atom is -0.379 e. The van der Waals surface area contributed by atoms with Gasteiger partial charge in [-0.2, -0.15) is 13.2 Å². The number of anilines is 2. The molecule has 0 spiro atoms. The van der Waals surface area contributed by atoms with E-state index in [0.717, 1.165) is 51.0 Å². The smallest absolute Gasteiger partial charge is 0.379 e. The molecule has 2 aromatic rings. The number of nitrogens with zero attached hydrogens (tertiary/aromatic N) is 5. The Kier molecular flexibility index (Phi) is 7.29. The number of rotatable bonds is 6. The zero-order valence-corrected chi connectivity index (χ0v) is 20.1. The summed E-state index contributed by atoms with van der Waals surface area (Å²) >= 11 is 0. The first-order valence-corrected chi connectivity index (χ1v) is 12.5. The van der Waals surface area contributed by atoms with Gasteiger partial charge in [-0.1, -0.05) is 0 Å². The number of benzene rings is 1. The van der Waals surface area contributed by atoms with Crippen LogP contribution < -0.4 is 15.1 Å². The molecule has 194 valence electrons. The Morgan fingerprint density at radius 1 is 1.11 bits per heavy atom. The van der Waals surface area contributed by atoms with E-state index in [1.165, 1.54) is 6.07 Å². The Balaban J connectivity index is 1.32. The van der Waals surface area contributed by atoms with Crippen LogP contribution in [0, 0.1) is 5.92 Å². The minimum atomic E-state index is -4.42. The fraction of sp³-hybridized carbons (Fsp3) is 0.560. The second-order valence-electron chi connectivity index (χ2n) is 9.51. The molecule has 36 heavy (non-hydrogen) atoms. The van der Waals surface area contributed by atoms with Crippen molar-refractivity contribution in [3.05, 3.63) is 47.8 Å². The van der Waals surface area contributed by atoms with Gasteiger partial charge in [0, 0.05) is 57.3 Å². The Hall–Kier alpha value is -2.92. The van der Waals surface area contributed by atoms with Crippen molar-refractivity contribution in [2.45, 2.75) is 25.1 Å². The normalized spacial score (nSPS) is 22.6. The average Bonchev–Trinajstić information content (AvgIpc) is 2.90. The van der Waals surface area contributed by atoms with E-state index < -0.39 is 17.7 Å². The largest absolute Gasteiger partial charge is 0.416 e. The molecule has 2 atom stereocenters. The number of nitrogens with one attached hydrogen (secondary N) is 1. The molecule has 2 saturated heterocycles. The Labute approximate surface area is 208 Å². The van der Waals surface area contributed by atoms with Gasteiger partial charge in [0.25, 0.3) is 0 Å². The van der Waals surface area contributed by atoms with E-state index in [4.69, 9.17) is 4.74 Å². The molecule has 1 amide bonds. The quantitative estimate of drug-likeness (QED) is 0.605. The molecule has 11 heteroatoms. The van der Waals surface area contributed by atoms with E-state index in [2.05, 4.69) is 30.0 Å². The number of fused-ring (bicyclic) bond motifs is 3. The number of morpholine rings is 1. The van der Waals surface area contributed by atoms with Crippen LogP contribution in [0.15, 0.2) is 36.7 Å². The summed E-state index contributed by atoms with van der Waals surface area (Å²) in [5, 5.41) is 3.06. The second-order valence-corrected chi connectivity index (χ2v) is 9.51. The first-order valence-electron chi connectivity index (χ1n) is 12.5. The number of carbonyl (C=O) groups excluding carboxylic acids is 1. The van der Waals surface area contributed by atoms with E-state index in [-0.39, 0.29) is 18.4 Å². The molecule has 3 aliphatic heterocycles. The summed E-state index contributed by atoms with van der Waals surface area (Å²) in [6.45, 7) is 6.36. The number of aromatic nitrogens is 2. The highest BCUT2D eigenvalue weighted by atomic mass is 19.4. The molecule has 0 aliphatic carbocycles. The molecule has 0 saturated carbocycles. The molecule has 1 aromatic carbocycles. The molecular formula is C25H31F3N6O2. The van der Waals surface area contributed by atoms with Gasteiger partial charge in [-0.25, -0.2) is 9.97 Å². The maximum atomic E-state index is 13.4. The van der Waals surface area contributed by atoms with E-state index in [1.807, 2.05) is 0 Å². The van der Waals surface area contributed by atoms with Crippen LogP contribution in [0.5, 0.6) is 0 Å². The van der Waals surface area contributed by atoms with Crippen LogP contribution in [-0.2, 0) is 22.1 Å². The van der Waals surface area contributed by atoms with Crippen molar-refractivity contribution in [1.82, 2.24) is 20.2 Å². The highest BCUT2D eigenvalue weighted by Gasteiger charge is 2.43. The molecule has 1 N–H and O–H groups in total. The minimum absolute atomic E-state index is 0.120. The van der Waals surface area contributed by atoms with Gasteiger partial charge >= 0.3 is 6.18 Å². The number of halogens is 3. The zero-order valence-electron chi connectivity index (χ0n) is 20.1. The average molecular weight is 505 g/mol. The number of alkyl halides is 3. The van der Waals surface area contributed by atoms with Crippen molar-refractivity contribution >= 4 is 17.5 Å².